The van der Waals surface area contributed by atoms with Crippen LogP contribution in [0.3, 0.4) is 0 Å². The van der Waals surface area contributed by atoms with Gasteiger partial charge < -0.3 is 5.11 Å². The summed E-state index contributed by atoms with van der Waals surface area (Å²) in [5, 5.41) is 10.3. The van der Waals surface area contributed by atoms with Crippen molar-refractivity contribution >= 4 is 0 Å². The number of rotatable bonds is 1. The summed E-state index contributed by atoms with van der Waals surface area (Å²) in [6, 6.07) is 4.55. The molecule has 1 unspecified atom stereocenters. The molecule has 0 saturated carbocycles. The Morgan fingerprint density at radius 3 is 2.53 bits per heavy atom. The van der Waals surface area contributed by atoms with Crippen LogP contribution in [0.15, 0.2) is 12.1 Å². The van der Waals surface area contributed by atoms with Gasteiger partial charge in [0.1, 0.15) is 0 Å². The Morgan fingerprint density at radius 2 is 1.79 bits per heavy atom. The monoisotopic (exact) mass is 260 g/mol. The van der Waals surface area contributed by atoms with Crippen LogP contribution in [0.5, 0.6) is 0 Å². The average Bonchev–Trinajstić information content (AvgIpc) is 2.36. The number of benzene rings is 1. The molecule has 0 bridgehead atoms. The molecule has 0 spiro atoms. The first kappa shape index (κ1) is 14.6. The Labute approximate surface area is 118 Å². The molecule has 0 amide bonds. The SMILES string of the molecule is Cc1ccc(C(C)C)c2c1CCCCCCC(O)C2. The van der Waals surface area contributed by atoms with E-state index in [4.69, 9.17) is 0 Å². The minimum Gasteiger partial charge on any atom is -0.393 e. The number of aryl methyl sites for hydroxylation is 1. The van der Waals surface area contributed by atoms with Crippen LogP contribution in [-0.4, -0.2) is 11.2 Å². The number of aliphatic hydroxyl groups is 1. The maximum absolute atomic E-state index is 10.3. The summed E-state index contributed by atoms with van der Waals surface area (Å²) >= 11 is 0. The third-order valence-electron chi connectivity index (χ3n) is 4.48. The molecule has 0 aliphatic heterocycles. The highest BCUT2D eigenvalue weighted by Gasteiger charge is 2.17. The van der Waals surface area contributed by atoms with Crippen molar-refractivity contribution in [3.8, 4) is 0 Å². The largest absolute Gasteiger partial charge is 0.393 e. The minimum atomic E-state index is -0.156. The van der Waals surface area contributed by atoms with Gasteiger partial charge in [-0.2, -0.15) is 0 Å². The van der Waals surface area contributed by atoms with Crippen molar-refractivity contribution in [3.05, 3.63) is 34.4 Å². The quantitative estimate of drug-likeness (QED) is 0.786. The fraction of sp³-hybridized carbons (Fsp3) is 0.667. The minimum absolute atomic E-state index is 0.156. The zero-order chi connectivity index (χ0) is 13.8. The first-order valence-corrected chi connectivity index (χ1v) is 7.89. The molecule has 1 aromatic carbocycles. The van der Waals surface area contributed by atoms with E-state index in [1.807, 2.05) is 0 Å². The lowest BCUT2D eigenvalue weighted by Crippen LogP contribution is -2.16. The number of aliphatic hydroxyl groups excluding tert-OH is 1. The lowest BCUT2D eigenvalue weighted by molar-refractivity contribution is 0.159. The Kier molecular flexibility index (Phi) is 5.04. The zero-order valence-corrected chi connectivity index (χ0v) is 12.7. The van der Waals surface area contributed by atoms with Gasteiger partial charge in [0, 0.05) is 0 Å². The van der Waals surface area contributed by atoms with Crippen molar-refractivity contribution in [2.45, 2.75) is 77.7 Å². The van der Waals surface area contributed by atoms with Gasteiger partial charge in [0.05, 0.1) is 6.10 Å². The van der Waals surface area contributed by atoms with Crippen molar-refractivity contribution in [1.29, 1.82) is 0 Å². The van der Waals surface area contributed by atoms with Gasteiger partial charge in [0.25, 0.3) is 0 Å². The van der Waals surface area contributed by atoms with E-state index in [2.05, 4.69) is 32.9 Å². The maximum atomic E-state index is 10.3. The second-order valence-electron chi connectivity index (χ2n) is 6.39. The van der Waals surface area contributed by atoms with E-state index in [-0.39, 0.29) is 6.10 Å². The van der Waals surface area contributed by atoms with E-state index in [1.54, 1.807) is 0 Å². The predicted octanol–water partition coefficient (Wildman–Crippen LogP) is 4.53. The summed E-state index contributed by atoms with van der Waals surface area (Å²) in [5.74, 6) is 0.546. The molecule has 106 valence electrons. The van der Waals surface area contributed by atoms with Crippen molar-refractivity contribution in [2.75, 3.05) is 0 Å². The molecule has 1 aliphatic rings. The van der Waals surface area contributed by atoms with E-state index >= 15 is 0 Å². The van der Waals surface area contributed by atoms with Crippen LogP contribution in [0.25, 0.3) is 0 Å². The number of hydrogen-bond acceptors (Lipinski definition) is 1. The third-order valence-corrected chi connectivity index (χ3v) is 4.48. The molecule has 0 fully saturated rings. The molecule has 0 radical (unpaired) electrons. The first-order chi connectivity index (χ1) is 9.09. The normalized spacial score (nSPS) is 21.2. The van der Waals surface area contributed by atoms with E-state index in [0.29, 0.717) is 5.92 Å². The highest BCUT2D eigenvalue weighted by molar-refractivity contribution is 5.42. The molecule has 1 aromatic rings. The van der Waals surface area contributed by atoms with Gasteiger partial charge in [-0.3, -0.25) is 0 Å². The smallest absolute Gasteiger partial charge is 0.0580 e. The molecule has 1 atom stereocenters. The molecule has 1 heteroatoms. The Balaban J connectivity index is 2.41. The molecular weight excluding hydrogens is 232 g/mol. The van der Waals surface area contributed by atoms with Crippen LogP contribution in [0, 0.1) is 6.92 Å². The van der Waals surface area contributed by atoms with Crippen molar-refractivity contribution < 1.29 is 5.11 Å². The summed E-state index contributed by atoms with van der Waals surface area (Å²) in [5.41, 5.74) is 5.82. The Bertz CT molecular complexity index is 420. The molecular formula is C18H28O. The lowest BCUT2D eigenvalue weighted by Gasteiger charge is -2.23. The van der Waals surface area contributed by atoms with Crippen LogP contribution in [-0.2, 0) is 12.8 Å². The average molecular weight is 260 g/mol. The van der Waals surface area contributed by atoms with E-state index in [0.717, 1.165) is 12.8 Å². The van der Waals surface area contributed by atoms with Gasteiger partial charge in [0.15, 0.2) is 0 Å². The van der Waals surface area contributed by atoms with Crippen molar-refractivity contribution in [1.82, 2.24) is 0 Å². The van der Waals surface area contributed by atoms with E-state index in [9.17, 15) is 5.11 Å². The highest BCUT2D eigenvalue weighted by Crippen LogP contribution is 2.29. The van der Waals surface area contributed by atoms with E-state index < -0.39 is 0 Å². The van der Waals surface area contributed by atoms with Crippen LogP contribution < -0.4 is 0 Å². The van der Waals surface area contributed by atoms with Crippen LogP contribution in [0.4, 0.5) is 0 Å². The van der Waals surface area contributed by atoms with Gasteiger partial charge >= 0.3 is 0 Å². The second kappa shape index (κ2) is 6.56. The van der Waals surface area contributed by atoms with Crippen LogP contribution >= 0.6 is 0 Å². The van der Waals surface area contributed by atoms with Crippen molar-refractivity contribution in [2.24, 2.45) is 0 Å². The molecule has 0 saturated heterocycles. The third kappa shape index (κ3) is 3.60. The molecule has 2 rings (SSSR count). The van der Waals surface area contributed by atoms with Gasteiger partial charge in [-0.15, -0.1) is 0 Å². The standard InChI is InChI=1S/C18H28O/c1-13(2)16-11-10-14(3)17-9-7-5-4-6-8-15(19)12-18(16)17/h10-11,13,15,19H,4-9,12H2,1-3H3. The lowest BCUT2D eigenvalue weighted by atomic mass is 9.84. The summed E-state index contributed by atoms with van der Waals surface area (Å²) in [4.78, 5) is 0. The number of fused-ring (bicyclic) bond motifs is 1. The molecule has 0 aromatic heterocycles. The van der Waals surface area contributed by atoms with E-state index in [1.165, 1.54) is 54.4 Å². The summed E-state index contributed by atoms with van der Waals surface area (Å²) < 4.78 is 0. The zero-order valence-electron chi connectivity index (χ0n) is 12.7. The summed E-state index contributed by atoms with van der Waals surface area (Å²) in [6.07, 6.45) is 7.90. The summed E-state index contributed by atoms with van der Waals surface area (Å²) in [7, 11) is 0. The molecule has 1 aliphatic carbocycles. The Hall–Kier alpha value is -0.820. The fourth-order valence-corrected chi connectivity index (χ4v) is 3.33. The second-order valence-corrected chi connectivity index (χ2v) is 6.39. The molecule has 19 heavy (non-hydrogen) atoms. The Morgan fingerprint density at radius 1 is 1.05 bits per heavy atom. The summed E-state index contributed by atoms with van der Waals surface area (Å²) in [6.45, 7) is 6.74. The van der Waals surface area contributed by atoms with Gasteiger partial charge in [-0.05, 0) is 60.8 Å². The van der Waals surface area contributed by atoms with Crippen LogP contribution in [0.1, 0.15) is 74.1 Å². The molecule has 0 heterocycles. The topological polar surface area (TPSA) is 20.2 Å². The van der Waals surface area contributed by atoms with Crippen molar-refractivity contribution in [3.63, 3.8) is 0 Å². The molecule has 1 nitrogen and oxygen atoms in total. The van der Waals surface area contributed by atoms with Gasteiger partial charge in [0.2, 0.25) is 0 Å². The first-order valence-electron chi connectivity index (χ1n) is 7.89. The molecule has 1 N–H and O–H groups in total. The fourth-order valence-electron chi connectivity index (χ4n) is 3.33. The number of hydrogen-bond donors (Lipinski definition) is 1. The highest BCUT2D eigenvalue weighted by atomic mass is 16.3. The maximum Gasteiger partial charge on any atom is 0.0580 e. The van der Waals surface area contributed by atoms with Gasteiger partial charge in [-0.1, -0.05) is 45.2 Å². The predicted molar refractivity (Wildman–Crippen MR) is 81.8 cm³/mol. The van der Waals surface area contributed by atoms with Crippen LogP contribution in [0.2, 0.25) is 0 Å². The van der Waals surface area contributed by atoms with Gasteiger partial charge in [-0.25, -0.2) is 0 Å².